The van der Waals surface area contributed by atoms with E-state index in [1.165, 1.54) is 11.2 Å². The molecule has 1 amide bonds. The first kappa shape index (κ1) is 20.3. The van der Waals surface area contributed by atoms with Crippen LogP contribution in [0.15, 0.2) is 35.1 Å². The molecule has 0 unspecified atom stereocenters. The van der Waals surface area contributed by atoms with Gasteiger partial charge in [-0.2, -0.15) is 5.10 Å². The fourth-order valence-corrected chi connectivity index (χ4v) is 4.44. The van der Waals surface area contributed by atoms with Crippen LogP contribution >= 0.6 is 11.6 Å². The average molecular weight is 475 g/mol. The van der Waals surface area contributed by atoms with Crippen molar-refractivity contribution in [1.82, 2.24) is 29.5 Å². The van der Waals surface area contributed by atoms with Gasteiger partial charge in [0.1, 0.15) is 11.6 Å². The van der Waals surface area contributed by atoms with Crippen molar-refractivity contribution in [2.75, 3.05) is 6.54 Å². The summed E-state index contributed by atoms with van der Waals surface area (Å²) in [7, 11) is 0. The number of aliphatic hydroxyl groups is 1. The summed E-state index contributed by atoms with van der Waals surface area (Å²) in [5, 5.41) is 15.3. The summed E-state index contributed by atoms with van der Waals surface area (Å²) < 4.78 is 34.5. The molecule has 33 heavy (non-hydrogen) atoms. The number of nitrogens with zero attached hydrogens (tertiary/aromatic N) is 5. The third-order valence-corrected chi connectivity index (χ3v) is 6.43. The molecule has 2 aliphatic rings. The predicted octanol–water partition coefficient (Wildman–Crippen LogP) is 3.41. The quantitative estimate of drug-likeness (QED) is 0.469. The molecule has 1 saturated carbocycles. The van der Waals surface area contributed by atoms with Crippen LogP contribution < -0.4 is 0 Å². The van der Waals surface area contributed by atoms with Gasteiger partial charge in [-0.25, -0.2) is 23.3 Å². The highest BCUT2D eigenvalue weighted by Gasteiger charge is 2.49. The molecule has 6 rings (SSSR count). The zero-order valence-electron chi connectivity index (χ0n) is 17.0. The Bertz CT molecular complexity index is 1390. The molecule has 4 aromatic heterocycles. The van der Waals surface area contributed by atoms with Crippen LogP contribution in [0.25, 0.3) is 5.52 Å². The van der Waals surface area contributed by atoms with Crippen molar-refractivity contribution in [3.8, 4) is 0 Å². The number of fused-ring (bicyclic) bond motifs is 2. The van der Waals surface area contributed by atoms with E-state index >= 15 is 0 Å². The fraction of sp³-hybridized carbons (Fsp3) is 0.333. The van der Waals surface area contributed by atoms with Crippen molar-refractivity contribution < 1.29 is 23.1 Å². The van der Waals surface area contributed by atoms with Crippen molar-refractivity contribution in [2.24, 2.45) is 0 Å². The monoisotopic (exact) mass is 474 g/mol. The minimum Gasteiger partial charge on any atom is -0.432 e. The number of carbonyl (C=O) groups is 1. The van der Waals surface area contributed by atoms with Gasteiger partial charge in [0.2, 0.25) is 11.7 Å². The first-order chi connectivity index (χ1) is 15.9. The van der Waals surface area contributed by atoms with Gasteiger partial charge in [0.15, 0.2) is 5.69 Å². The molecule has 5 heterocycles. The largest absolute Gasteiger partial charge is 0.432 e. The van der Waals surface area contributed by atoms with E-state index in [9.17, 15) is 18.7 Å². The lowest BCUT2D eigenvalue weighted by Crippen LogP contribution is -2.41. The Hall–Kier alpha value is -3.31. The number of hydrogen-bond donors (Lipinski definition) is 2. The predicted molar refractivity (Wildman–Crippen MR) is 110 cm³/mol. The number of nitrogens with one attached hydrogen (secondary N) is 1. The number of aromatic amines is 1. The first-order valence-corrected chi connectivity index (χ1v) is 10.7. The Morgan fingerprint density at radius 2 is 2.21 bits per heavy atom. The molecule has 9 nitrogen and oxygen atoms in total. The Labute approximate surface area is 190 Å². The lowest BCUT2D eigenvalue weighted by atomic mass is 9.99. The lowest BCUT2D eigenvalue weighted by Gasteiger charge is -2.33. The van der Waals surface area contributed by atoms with E-state index in [0.29, 0.717) is 41.2 Å². The zero-order chi connectivity index (χ0) is 22.9. The van der Waals surface area contributed by atoms with Gasteiger partial charge in [-0.05, 0) is 31.0 Å². The molecule has 170 valence electrons. The van der Waals surface area contributed by atoms with Gasteiger partial charge in [0.25, 0.3) is 12.3 Å². The Morgan fingerprint density at radius 1 is 1.39 bits per heavy atom. The van der Waals surface area contributed by atoms with E-state index in [2.05, 4.69) is 20.1 Å². The van der Waals surface area contributed by atoms with Crippen molar-refractivity contribution >= 4 is 23.0 Å². The molecule has 0 bridgehead atoms. The number of hydrogen-bond acceptors (Lipinski definition) is 6. The van der Waals surface area contributed by atoms with E-state index < -0.39 is 35.4 Å². The van der Waals surface area contributed by atoms with E-state index in [4.69, 9.17) is 16.0 Å². The molecule has 4 aromatic rings. The number of amides is 1. The Morgan fingerprint density at radius 3 is 2.94 bits per heavy atom. The molecule has 1 fully saturated rings. The Kier molecular flexibility index (Phi) is 4.36. The van der Waals surface area contributed by atoms with Crippen molar-refractivity contribution in [3.05, 3.63) is 70.2 Å². The summed E-state index contributed by atoms with van der Waals surface area (Å²) in [6.45, 7) is 0.212. The summed E-state index contributed by atoms with van der Waals surface area (Å²) in [5.74, 6) is -1.60. The average Bonchev–Trinajstić information content (AvgIpc) is 3.24. The highest BCUT2D eigenvalue weighted by Crippen LogP contribution is 2.46. The summed E-state index contributed by atoms with van der Waals surface area (Å²) in [5.41, 5.74) is 0.330. The molecular weight excluding hydrogens is 458 g/mol. The van der Waals surface area contributed by atoms with Crippen molar-refractivity contribution in [3.63, 3.8) is 0 Å². The van der Waals surface area contributed by atoms with Gasteiger partial charge in [-0.15, -0.1) is 0 Å². The normalized spacial score (nSPS) is 19.3. The van der Waals surface area contributed by atoms with Crippen molar-refractivity contribution in [1.29, 1.82) is 0 Å². The number of alkyl halides is 2. The van der Waals surface area contributed by atoms with Gasteiger partial charge < -0.3 is 19.4 Å². The maximum Gasteiger partial charge on any atom is 0.292 e. The third kappa shape index (κ3) is 3.14. The number of imidazole rings is 1. The fourth-order valence-electron chi connectivity index (χ4n) is 4.22. The number of halogens is 3. The van der Waals surface area contributed by atoms with Crippen LogP contribution in [-0.4, -0.2) is 47.0 Å². The first-order valence-electron chi connectivity index (χ1n) is 10.3. The molecule has 0 radical (unpaired) electrons. The molecule has 0 spiro atoms. The second-order valence-corrected chi connectivity index (χ2v) is 8.65. The SMILES string of the molecule is O=C(c1oc(C2(O)CC2)nc1C(F)F)N1CCc2[nH]cnc2[C@@H]1c1cc2c(Cl)cccn2n1. The standard InChI is InChI=1S/C21H17ClF2N6O3/c22-10-2-1-6-30-13(10)8-12(28-30)16-14-11(25-9-26-14)3-7-29(16)19(31)17-15(18(23)24)27-20(33-17)21(32)4-5-21/h1-2,6,8-9,16,18,32H,3-5,7H2,(H,25,26)/t16-/m0/s1. The molecule has 12 heteroatoms. The number of pyridine rings is 1. The molecule has 1 aliphatic carbocycles. The Balaban J connectivity index is 1.46. The molecule has 1 atom stereocenters. The molecule has 0 saturated heterocycles. The van der Waals surface area contributed by atoms with Crippen LogP contribution in [0.5, 0.6) is 0 Å². The molecule has 2 N–H and O–H groups in total. The highest BCUT2D eigenvalue weighted by molar-refractivity contribution is 6.33. The van der Waals surface area contributed by atoms with Gasteiger partial charge in [0.05, 0.1) is 28.3 Å². The number of rotatable bonds is 4. The molecule has 1 aliphatic heterocycles. The minimum atomic E-state index is -3.04. The van der Waals surface area contributed by atoms with E-state index in [-0.39, 0.29) is 12.4 Å². The van der Waals surface area contributed by atoms with Crippen LogP contribution in [0.3, 0.4) is 0 Å². The molecule has 0 aromatic carbocycles. The number of aromatic nitrogens is 5. The molecular formula is C21H17ClF2N6O3. The lowest BCUT2D eigenvalue weighted by molar-refractivity contribution is 0.0624. The maximum absolute atomic E-state index is 13.7. The van der Waals surface area contributed by atoms with Gasteiger partial charge >= 0.3 is 0 Å². The second kappa shape index (κ2) is 7.09. The maximum atomic E-state index is 13.7. The smallest absolute Gasteiger partial charge is 0.292 e. The van der Waals surface area contributed by atoms with Gasteiger partial charge in [-0.3, -0.25) is 4.79 Å². The number of H-pyrrole nitrogens is 1. The van der Waals surface area contributed by atoms with E-state index in [0.717, 1.165) is 5.69 Å². The van der Waals surface area contributed by atoms with Gasteiger partial charge in [0, 0.05) is 24.9 Å². The second-order valence-electron chi connectivity index (χ2n) is 8.24. The minimum absolute atomic E-state index is 0.212. The van der Waals surface area contributed by atoms with Crippen molar-refractivity contribution in [2.45, 2.75) is 37.3 Å². The van der Waals surface area contributed by atoms with E-state index in [1.54, 1.807) is 28.9 Å². The topological polar surface area (TPSA) is 113 Å². The summed E-state index contributed by atoms with van der Waals surface area (Å²) >= 11 is 6.30. The van der Waals surface area contributed by atoms with Crippen LogP contribution in [0, 0.1) is 0 Å². The zero-order valence-corrected chi connectivity index (χ0v) is 17.8. The summed E-state index contributed by atoms with van der Waals surface area (Å²) in [4.78, 5) is 26.2. The van der Waals surface area contributed by atoms with Gasteiger partial charge in [-0.1, -0.05) is 11.6 Å². The van der Waals surface area contributed by atoms with Crippen LogP contribution in [0.2, 0.25) is 5.02 Å². The number of carbonyl (C=O) groups excluding carboxylic acids is 1. The highest BCUT2D eigenvalue weighted by atomic mass is 35.5. The van der Waals surface area contributed by atoms with Crippen LogP contribution in [0.4, 0.5) is 8.78 Å². The number of oxazole rings is 1. The summed E-state index contributed by atoms with van der Waals surface area (Å²) in [6, 6.07) is 4.44. The third-order valence-electron chi connectivity index (χ3n) is 6.11. The van der Waals surface area contributed by atoms with Crippen LogP contribution in [-0.2, 0) is 12.0 Å². The van der Waals surface area contributed by atoms with Crippen LogP contribution in [0.1, 0.15) is 64.5 Å². The summed E-state index contributed by atoms with van der Waals surface area (Å²) in [6.07, 6.45) is 1.33. The van der Waals surface area contributed by atoms with E-state index in [1.807, 2.05) is 0 Å².